The van der Waals surface area contributed by atoms with Crippen LogP contribution in [0.5, 0.6) is 0 Å². The second kappa shape index (κ2) is 9.59. The lowest BCUT2D eigenvalue weighted by Gasteiger charge is -2.30. The molecular formula is C20H22F3N9O2. The summed E-state index contributed by atoms with van der Waals surface area (Å²) in [5, 5.41) is 19.1. The van der Waals surface area contributed by atoms with Gasteiger partial charge in [-0.05, 0) is 59.9 Å². The fourth-order valence-electron chi connectivity index (χ4n) is 3.54. The Bertz CT molecular complexity index is 1160. The number of nitrogens with two attached hydrogens (primary N) is 1. The largest absolute Gasteiger partial charge is 0.416 e. The van der Waals surface area contributed by atoms with Gasteiger partial charge in [-0.1, -0.05) is 24.3 Å². The van der Waals surface area contributed by atoms with E-state index in [-0.39, 0.29) is 17.3 Å². The Labute approximate surface area is 191 Å². The van der Waals surface area contributed by atoms with E-state index in [1.54, 1.807) is 0 Å². The lowest BCUT2D eigenvalue weighted by Crippen LogP contribution is -2.34. The highest BCUT2D eigenvalue weighted by molar-refractivity contribution is 5.94. The number of benzene rings is 1. The number of anilines is 1. The van der Waals surface area contributed by atoms with Crippen molar-refractivity contribution in [3.05, 3.63) is 46.8 Å². The van der Waals surface area contributed by atoms with Crippen molar-refractivity contribution in [2.24, 2.45) is 11.0 Å². The molecule has 1 aliphatic heterocycles. The van der Waals surface area contributed by atoms with Crippen LogP contribution in [0.1, 0.15) is 47.1 Å². The van der Waals surface area contributed by atoms with Crippen molar-refractivity contribution in [2.45, 2.75) is 32.5 Å². The van der Waals surface area contributed by atoms with Gasteiger partial charge in [0.1, 0.15) is 0 Å². The van der Waals surface area contributed by atoms with E-state index in [4.69, 9.17) is 5.73 Å². The average molecular weight is 477 g/mol. The van der Waals surface area contributed by atoms with Crippen molar-refractivity contribution >= 4 is 17.9 Å². The number of likely N-dealkylation sites (tertiary alicyclic amines) is 1. The van der Waals surface area contributed by atoms with Crippen LogP contribution in [0, 0.1) is 5.92 Å². The van der Waals surface area contributed by atoms with Crippen molar-refractivity contribution in [3.63, 3.8) is 0 Å². The number of hydrogen-bond donors (Lipinski definition) is 2. The maximum atomic E-state index is 12.8. The minimum absolute atomic E-state index is 0.00518. The number of carbonyl (C=O) groups is 1. The van der Waals surface area contributed by atoms with Gasteiger partial charge >= 0.3 is 6.18 Å². The molecule has 1 fully saturated rings. The first-order chi connectivity index (χ1) is 16.2. The van der Waals surface area contributed by atoms with E-state index >= 15 is 0 Å². The second-order valence-corrected chi connectivity index (χ2v) is 8.05. The molecule has 0 spiro atoms. The quantitative estimate of drug-likeness (QED) is 0.407. The molecule has 0 bridgehead atoms. The van der Waals surface area contributed by atoms with E-state index in [9.17, 15) is 18.0 Å². The number of nitrogens with one attached hydrogen (secondary N) is 1. The summed E-state index contributed by atoms with van der Waals surface area (Å²) >= 11 is 0. The molecule has 3 heterocycles. The zero-order chi connectivity index (χ0) is 24.3. The number of halogens is 3. The maximum absolute atomic E-state index is 12.8. The Morgan fingerprint density at radius 3 is 2.59 bits per heavy atom. The third kappa shape index (κ3) is 5.22. The van der Waals surface area contributed by atoms with Gasteiger partial charge in [0.2, 0.25) is 11.6 Å². The van der Waals surface area contributed by atoms with Gasteiger partial charge in [-0.15, -0.1) is 5.10 Å². The molecule has 1 aromatic carbocycles. The predicted molar refractivity (Wildman–Crippen MR) is 114 cm³/mol. The van der Waals surface area contributed by atoms with Gasteiger partial charge < -0.3 is 5.73 Å². The number of piperidine rings is 1. The zero-order valence-corrected chi connectivity index (χ0v) is 18.2. The summed E-state index contributed by atoms with van der Waals surface area (Å²) in [6.45, 7) is 4.23. The van der Waals surface area contributed by atoms with Crippen LogP contribution in [-0.2, 0) is 12.7 Å². The van der Waals surface area contributed by atoms with Gasteiger partial charge in [-0.2, -0.15) is 23.0 Å². The molecular weight excluding hydrogens is 455 g/mol. The van der Waals surface area contributed by atoms with E-state index in [0.717, 1.165) is 38.1 Å². The Kier molecular flexibility index (Phi) is 6.58. The summed E-state index contributed by atoms with van der Waals surface area (Å²) in [5.74, 6) is 0.0765. The third-order valence-corrected chi connectivity index (χ3v) is 5.54. The summed E-state index contributed by atoms with van der Waals surface area (Å²) in [7, 11) is 0. The van der Waals surface area contributed by atoms with Crippen molar-refractivity contribution in [1.29, 1.82) is 0 Å². The van der Waals surface area contributed by atoms with Crippen LogP contribution in [0.25, 0.3) is 5.82 Å². The Morgan fingerprint density at radius 2 is 1.97 bits per heavy atom. The molecule has 1 amide bonds. The molecule has 14 heteroatoms. The molecule has 180 valence electrons. The number of hydrogen-bond acceptors (Lipinski definition) is 9. The molecule has 2 aromatic heterocycles. The van der Waals surface area contributed by atoms with Gasteiger partial charge in [-0.25, -0.2) is 10.1 Å². The number of nitrogens with zero attached hydrogens (tertiary/aromatic N) is 7. The number of hydrazone groups is 1. The molecule has 1 aliphatic rings. The first-order valence-corrected chi connectivity index (χ1v) is 10.5. The van der Waals surface area contributed by atoms with Crippen molar-refractivity contribution in [3.8, 4) is 5.82 Å². The minimum atomic E-state index is -4.43. The molecule has 4 rings (SSSR count). The summed E-state index contributed by atoms with van der Waals surface area (Å²) in [6.07, 6.45) is -1.16. The molecule has 34 heavy (non-hydrogen) atoms. The number of aromatic nitrogens is 5. The highest BCUT2D eigenvalue weighted by Crippen LogP contribution is 2.29. The number of nitrogen functional groups attached to an aromatic ring is 1. The molecule has 1 saturated heterocycles. The van der Waals surface area contributed by atoms with Crippen LogP contribution in [-0.4, -0.2) is 55.4 Å². The fraction of sp³-hybridized carbons (Fsp3) is 0.400. The highest BCUT2D eigenvalue weighted by atomic mass is 19.4. The predicted octanol–water partition coefficient (Wildman–Crippen LogP) is 2.25. The van der Waals surface area contributed by atoms with E-state index in [1.165, 1.54) is 23.0 Å². The van der Waals surface area contributed by atoms with Gasteiger partial charge in [0, 0.05) is 6.54 Å². The van der Waals surface area contributed by atoms with Crippen LogP contribution < -0.4 is 11.2 Å². The fourth-order valence-corrected chi connectivity index (χ4v) is 3.54. The first kappa shape index (κ1) is 23.4. The lowest BCUT2D eigenvalue weighted by atomic mass is 9.99. The standard InChI is InChI=1S/C20H22F3N9O2/c1-12-6-8-31(9-7-12)11-15-16(26-30-32(15)18-17(24)28-34-29-18)19(33)27-25-10-13-2-4-14(5-3-13)20(21,22)23/h2-5,10,12H,6-9,11H2,1H3,(H2,24,28)(H,27,33). The van der Waals surface area contributed by atoms with Crippen LogP contribution in [0.4, 0.5) is 19.0 Å². The summed E-state index contributed by atoms with van der Waals surface area (Å²) in [5.41, 5.74) is 8.17. The summed E-state index contributed by atoms with van der Waals surface area (Å²) in [6, 6.07) is 4.36. The van der Waals surface area contributed by atoms with Gasteiger partial charge in [-0.3, -0.25) is 9.69 Å². The lowest BCUT2D eigenvalue weighted by molar-refractivity contribution is -0.137. The van der Waals surface area contributed by atoms with Crippen molar-refractivity contribution in [2.75, 3.05) is 18.8 Å². The van der Waals surface area contributed by atoms with E-state index in [0.29, 0.717) is 23.7 Å². The van der Waals surface area contributed by atoms with E-state index in [1.807, 2.05) is 0 Å². The van der Waals surface area contributed by atoms with Gasteiger partial charge in [0.25, 0.3) is 5.91 Å². The Morgan fingerprint density at radius 1 is 1.26 bits per heavy atom. The van der Waals surface area contributed by atoms with Crippen LogP contribution >= 0.6 is 0 Å². The smallest absolute Gasteiger partial charge is 0.378 e. The molecule has 0 saturated carbocycles. The van der Waals surface area contributed by atoms with Crippen LogP contribution in [0.15, 0.2) is 34.0 Å². The molecule has 0 unspecified atom stereocenters. The third-order valence-electron chi connectivity index (χ3n) is 5.54. The number of rotatable bonds is 6. The van der Waals surface area contributed by atoms with Gasteiger partial charge in [0.05, 0.1) is 17.5 Å². The van der Waals surface area contributed by atoms with E-state index in [2.05, 4.69) is 47.6 Å². The van der Waals surface area contributed by atoms with Crippen molar-refractivity contribution < 1.29 is 22.6 Å². The van der Waals surface area contributed by atoms with Crippen LogP contribution in [0.2, 0.25) is 0 Å². The Hall–Kier alpha value is -3.81. The molecule has 0 atom stereocenters. The molecule has 0 radical (unpaired) electrons. The normalized spacial score (nSPS) is 15.8. The topological polar surface area (TPSA) is 140 Å². The number of amides is 1. The van der Waals surface area contributed by atoms with Crippen molar-refractivity contribution in [1.82, 2.24) is 35.6 Å². The SMILES string of the molecule is CC1CCN(Cc2c(C(=O)NN=Cc3ccc(C(F)(F)F)cc3)nnn2-c2nonc2N)CC1. The number of carbonyl (C=O) groups excluding carboxylic acids is 1. The highest BCUT2D eigenvalue weighted by Gasteiger charge is 2.30. The minimum Gasteiger partial charge on any atom is -0.378 e. The van der Waals surface area contributed by atoms with Crippen LogP contribution in [0.3, 0.4) is 0 Å². The van der Waals surface area contributed by atoms with E-state index < -0.39 is 17.6 Å². The zero-order valence-electron chi connectivity index (χ0n) is 18.2. The first-order valence-electron chi connectivity index (χ1n) is 10.5. The summed E-state index contributed by atoms with van der Waals surface area (Å²) < 4.78 is 44.0. The second-order valence-electron chi connectivity index (χ2n) is 8.05. The van der Waals surface area contributed by atoms with Gasteiger partial charge in [0.15, 0.2) is 5.69 Å². The monoisotopic (exact) mass is 477 g/mol. The molecule has 3 N–H and O–H groups in total. The molecule has 0 aliphatic carbocycles. The molecule has 3 aromatic rings. The molecule has 11 nitrogen and oxygen atoms in total. The average Bonchev–Trinajstić information content (AvgIpc) is 3.40. The number of alkyl halides is 3. The summed E-state index contributed by atoms with van der Waals surface area (Å²) in [4.78, 5) is 15.0. The Balaban J connectivity index is 1.52. The maximum Gasteiger partial charge on any atom is 0.416 e.